The minimum absolute atomic E-state index is 0.256. The summed E-state index contributed by atoms with van der Waals surface area (Å²) in [5.41, 5.74) is 1.87. The van der Waals surface area contributed by atoms with Gasteiger partial charge in [-0.3, -0.25) is 4.79 Å². The number of amides is 1. The van der Waals surface area contributed by atoms with E-state index in [9.17, 15) is 4.79 Å². The molecule has 4 aromatic rings. The Labute approximate surface area is 178 Å². The van der Waals surface area contributed by atoms with Gasteiger partial charge in [0, 0.05) is 35.5 Å². The van der Waals surface area contributed by atoms with Crippen LogP contribution in [0, 0.1) is 0 Å². The van der Waals surface area contributed by atoms with Crippen LogP contribution in [-0.2, 0) is 0 Å². The van der Waals surface area contributed by atoms with Gasteiger partial charge in [-0.1, -0.05) is 0 Å². The van der Waals surface area contributed by atoms with Gasteiger partial charge < -0.3 is 20.4 Å². The fourth-order valence-electron chi connectivity index (χ4n) is 3.58. The molecule has 156 valence electrons. The van der Waals surface area contributed by atoms with Crippen molar-refractivity contribution in [1.29, 1.82) is 0 Å². The first-order chi connectivity index (χ1) is 15.2. The van der Waals surface area contributed by atoms with E-state index in [1.165, 1.54) is 6.39 Å². The standard InChI is InChI=1S/C22H21N7O2/c30-22(14-3-8-25-20(9-14)27-16-4-6-23-7-5-16)29-21-10-18-15(11-26-21)1-2-17(28-18)19-12-24-13-31-19/h1-3,8-13,16,23H,4-7H2,(H,25,27)(H,26,29,30). The number of rotatable bonds is 5. The number of nitrogens with zero attached hydrogens (tertiary/aromatic N) is 4. The van der Waals surface area contributed by atoms with E-state index >= 15 is 0 Å². The summed E-state index contributed by atoms with van der Waals surface area (Å²) in [6.07, 6.45) is 8.35. The Kier molecular flexibility index (Phi) is 5.24. The predicted molar refractivity (Wildman–Crippen MR) is 117 cm³/mol. The van der Waals surface area contributed by atoms with Crippen LogP contribution in [0.15, 0.2) is 59.7 Å². The number of oxazole rings is 1. The Morgan fingerprint density at radius 1 is 1.06 bits per heavy atom. The Balaban J connectivity index is 1.33. The van der Waals surface area contributed by atoms with Gasteiger partial charge in [0.05, 0.1) is 11.7 Å². The number of anilines is 2. The van der Waals surface area contributed by atoms with Crippen LogP contribution in [0.25, 0.3) is 22.4 Å². The minimum Gasteiger partial charge on any atom is -0.442 e. The highest BCUT2D eigenvalue weighted by Crippen LogP contribution is 2.22. The van der Waals surface area contributed by atoms with Crippen molar-refractivity contribution in [3.8, 4) is 11.5 Å². The van der Waals surface area contributed by atoms with Gasteiger partial charge in [0.15, 0.2) is 12.2 Å². The fraction of sp³-hybridized carbons (Fsp3) is 0.227. The van der Waals surface area contributed by atoms with Crippen LogP contribution in [0.3, 0.4) is 0 Å². The summed E-state index contributed by atoms with van der Waals surface area (Å²) in [6.45, 7) is 1.97. The average Bonchev–Trinajstić information content (AvgIpc) is 3.34. The molecule has 0 saturated carbocycles. The lowest BCUT2D eigenvalue weighted by Gasteiger charge is -2.24. The molecule has 0 aromatic carbocycles. The van der Waals surface area contributed by atoms with Gasteiger partial charge in [-0.2, -0.15) is 0 Å². The van der Waals surface area contributed by atoms with E-state index in [0.717, 1.165) is 31.3 Å². The quantitative estimate of drug-likeness (QED) is 0.455. The van der Waals surface area contributed by atoms with Gasteiger partial charge in [-0.25, -0.2) is 19.9 Å². The molecule has 1 saturated heterocycles. The van der Waals surface area contributed by atoms with Gasteiger partial charge in [0.2, 0.25) is 0 Å². The summed E-state index contributed by atoms with van der Waals surface area (Å²) in [5.74, 6) is 1.44. The van der Waals surface area contributed by atoms with Gasteiger partial charge >= 0.3 is 0 Å². The lowest BCUT2D eigenvalue weighted by atomic mass is 10.1. The van der Waals surface area contributed by atoms with Crippen molar-refractivity contribution in [1.82, 2.24) is 25.3 Å². The van der Waals surface area contributed by atoms with Crippen LogP contribution in [0.5, 0.6) is 0 Å². The Morgan fingerprint density at radius 3 is 2.81 bits per heavy atom. The Bertz CT molecular complexity index is 1200. The number of hydrogen-bond acceptors (Lipinski definition) is 8. The normalized spacial score (nSPS) is 14.5. The Morgan fingerprint density at radius 2 is 1.97 bits per heavy atom. The van der Waals surface area contributed by atoms with Crippen molar-refractivity contribution in [2.75, 3.05) is 23.7 Å². The lowest BCUT2D eigenvalue weighted by Crippen LogP contribution is -2.35. The summed E-state index contributed by atoms with van der Waals surface area (Å²) in [6, 6.07) is 9.29. The van der Waals surface area contributed by atoms with Crippen LogP contribution in [-0.4, -0.2) is 45.0 Å². The Hall–Kier alpha value is -3.85. The van der Waals surface area contributed by atoms with Crippen molar-refractivity contribution in [2.45, 2.75) is 18.9 Å². The molecule has 0 radical (unpaired) electrons. The van der Waals surface area contributed by atoms with Crippen molar-refractivity contribution >= 4 is 28.4 Å². The number of hydrogen-bond donors (Lipinski definition) is 3. The SMILES string of the molecule is O=C(Nc1cc2nc(-c3cnco3)ccc2cn1)c1ccnc(NC2CCNCC2)c1. The third kappa shape index (κ3) is 4.36. The summed E-state index contributed by atoms with van der Waals surface area (Å²) in [4.78, 5) is 30.0. The first kappa shape index (κ1) is 19.1. The maximum atomic E-state index is 12.8. The highest BCUT2D eigenvalue weighted by atomic mass is 16.3. The van der Waals surface area contributed by atoms with Gasteiger partial charge in [-0.15, -0.1) is 0 Å². The molecule has 1 fully saturated rings. The first-order valence-electron chi connectivity index (χ1n) is 10.1. The second kappa shape index (κ2) is 8.49. The molecule has 0 unspecified atom stereocenters. The molecule has 9 heteroatoms. The zero-order valence-corrected chi connectivity index (χ0v) is 16.7. The van der Waals surface area contributed by atoms with Gasteiger partial charge in [-0.05, 0) is 50.2 Å². The number of pyridine rings is 3. The summed E-state index contributed by atoms with van der Waals surface area (Å²) >= 11 is 0. The van der Waals surface area contributed by atoms with E-state index in [1.54, 1.807) is 36.8 Å². The van der Waals surface area contributed by atoms with Crippen LogP contribution in [0.4, 0.5) is 11.6 Å². The number of nitrogens with one attached hydrogen (secondary N) is 3. The number of fused-ring (bicyclic) bond motifs is 1. The average molecular weight is 415 g/mol. The zero-order valence-electron chi connectivity index (χ0n) is 16.7. The molecule has 0 spiro atoms. The molecule has 1 aliphatic heterocycles. The molecule has 0 bridgehead atoms. The molecule has 3 N–H and O–H groups in total. The number of carbonyl (C=O) groups is 1. The molecule has 5 heterocycles. The minimum atomic E-state index is -0.256. The maximum Gasteiger partial charge on any atom is 0.257 e. The molecular formula is C22H21N7O2. The van der Waals surface area contributed by atoms with E-state index in [1.807, 2.05) is 12.1 Å². The van der Waals surface area contributed by atoms with E-state index in [-0.39, 0.29) is 5.91 Å². The van der Waals surface area contributed by atoms with Crippen LogP contribution < -0.4 is 16.0 Å². The van der Waals surface area contributed by atoms with Crippen LogP contribution in [0.1, 0.15) is 23.2 Å². The summed E-state index contributed by atoms with van der Waals surface area (Å²) < 4.78 is 5.31. The van der Waals surface area contributed by atoms with E-state index in [0.29, 0.717) is 40.2 Å². The molecule has 4 aromatic heterocycles. The summed E-state index contributed by atoms with van der Waals surface area (Å²) in [5, 5.41) is 10.5. The predicted octanol–water partition coefficient (Wildman–Crippen LogP) is 3.10. The van der Waals surface area contributed by atoms with Crippen molar-refractivity contribution in [3.05, 3.63) is 60.9 Å². The molecular weight excluding hydrogens is 394 g/mol. The van der Waals surface area contributed by atoms with Crippen molar-refractivity contribution in [3.63, 3.8) is 0 Å². The van der Waals surface area contributed by atoms with E-state index in [4.69, 9.17) is 4.42 Å². The topological polar surface area (TPSA) is 118 Å². The number of aromatic nitrogens is 4. The zero-order chi connectivity index (χ0) is 21.0. The smallest absolute Gasteiger partial charge is 0.257 e. The third-order valence-electron chi connectivity index (χ3n) is 5.21. The second-order valence-corrected chi connectivity index (χ2v) is 7.38. The second-order valence-electron chi connectivity index (χ2n) is 7.38. The molecule has 9 nitrogen and oxygen atoms in total. The van der Waals surface area contributed by atoms with E-state index < -0.39 is 0 Å². The first-order valence-corrected chi connectivity index (χ1v) is 10.1. The monoisotopic (exact) mass is 415 g/mol. The van der Waals surface area contributed by atoms with Crippen molar-refractivity contribution in [2.24, 2.45) is 0 Å². The summed E-state index contributed by atoms with van der Waals surface area (Å²) in [7, 11) is 0. The molecule has 31 heavy (non-hydrogen) atoms. The largest absolute Gasteiger partial charge is 0.442 e. The fourth-order valence-corrected chi connectivity index (χ4v) is 3.58. The van der Waals surface area contributed by atoms with Crippen LogP contribution in [0.2, 0.25) is 0 Å². The molecule has 1 aliphatic rings. The molecule has 0 aliphatic carbocycles. The van der Waals surface area contributed by atoms with Gasteiger partial charge in [0.1, 0.15) is 17.3 Å². The highest BCUT2D eigenvalue weighted by Gasteiger charge is 2.15. The maximum absolute atomic E-state index is 12.8. The highest BCUT2D eigenvalue weighted by molar-refractivity contribution is 6.04. The van der Waals surface area contributed by atoms with Crippen molar-refractivity contribution < 1.29 is 9.21 Å². The van der Waals surface area contributed by atoms with Gasteiger partial charge in [0.25, 0.3) is 5.91 Å². The molecule has 0 atom stereocenters. The van der Waals surface area contributed by atoms with Crippen LogP contribution >= 0.6 is 0 Å². The molecule has 5 rings (SSSR count). The number of carbonyl (C=O) groups excluding carboxylic acids is 1. The third-order valence-corrected chi connectivity index (χ3v) is 5.21. The van der Waals surface area contributed by atoms with E-state index in [2.05, 4.69) is 35.9 Å². The molecule has 1 amide bonds. The lowest BCUT2D eigenvalue weighted by molar-refractivity contribution is 0.102. The number of piperidine rings is 1.